The predicted octanol–water partition coefficient (Wildman–Crippen LogP) is 3.71. The van der Waals surface area contributed by atoms with E-state index in [9.17, 15) is 14.0 Å². The maximum atomic E-state index is 14.2. The van der Waals surface area contributed by atoms with Gasteiger partial charge < -0.3 is 19.6 Å². The molecule has 2 aromatic heterocycles. The van der Waals surface area contributed by atoms with Crippen LogP contribution in [-0.4, -0.2) is 49.5 Å². The number of halogens is 1. The van der Waals surface area contributed by atoms with Crippen molar-refractivity contribution in [3.8, 4) is 5.69 Å². The molecule has 10 heteroatoms. The van der Waals surface area contributed by atoms with E-state index in [1.807, 2.05) is 35.1 Å². The fraction of sp³-hybridized carbons (Fsp3) is 0.440. The number of carbonyl (C=O) groups excluding carboxylic acids is 2. The van der Waals surface area contributed by atoms with E-state index in [1.54, 1.807) is 13.0 Å². The molecule has 0 saturated carbocycles. The van der Waals surface area contributed by atoms with Crippen LogP contribution in [0.5, 0.6) is 0 Å². The van der Waals surface area contributed by atoms with E-state index in [0.717, 1.165) is 30.8 Å². The Labute approximate surface area is 208 Å². The lowest BCUT2D eigenvalue weighted by Crippen LogP contribution is -2.19. The number of nitrogens with zero attached hydrogens (tertiary/aromatic N) is 4. The van der Waals surface area contributed by atoms with Crippen LogP contribution in [0.4, 0.5) is 4.39 Å². The lowest BCUT2D eigenvalue weighted by molar-refractivity contribution is -0.118. The zero-order valence-electron chi connectivity index (χ0n) is 20.2. The molecule has 0 unspecified atom stereocenters. The Balaban J connectivity index is 1.52. The number of ether oxygens (including phenoxy) is 1. The number of benzene rings is 1. The molecule has 1 fully saturated rings. The smallest absolute Gasteiger partial charge is 0.217 e. The van der Waals surface area contributed by atoms with Crippen LogP contribution in [0.15, 0.2) is 29.4 Å². The topological polar surface area (TPSA) is 105 Å². The molecule has 3 aromatic rings. The molecular formula is C25H30FN5O3S. The van der Waals surface area contributed by atoms with Crippen molar-refractivity contribution in [3.05, 3.63) is 58.4 Å². The summed E-state index contributed by atoms with van der Waals surface area (Å²) in [6, 6.07) is 6.91. The van der Waals surface area contributed by atoms with Gasteiger partial charge in [-0.25, -0.2) is 4.39 Å². The van der Waals surface area contributed by atoms with Crippen molar-refractivity contribution in [1.82, 2.24) is 19.3 Å². The summed E-state index contributed by atoms with van der Waals surface area (Å²) in [5.74, 6) is 0.105. The van der Waals surface area contributed by atoms with Crippen molar-refractivity contribution in [2.45, 2.75) is 64.3 Å². The molecule has 1 aliphatic heterocycles. The SMILES string of the molecule is Cc1ccc(-n2c(C)cc(C(=O)CSc3nnc(CCC(N)=O)n3C[C@H]3CCCO3)c2C)cc1F. The first-order valence-electron chi connectivity index (χ1n) is 11.7. The average Bonchev–Trinajstić information content (AvgIpc) is 3.53. The molecule has 8 nitrogen and oxygen atoms in total. The first-order valence-corrected chi connectivity index (χ1v) is 12.7. The Bertz CT molecular complexity index is 1250. The molecule has 1 atom stereocenters. The molecule has 35 heavy (non-hydrogen) atoms. The number of rotatable bonds is 10. The van der Waals surface area contributed by atoms with Crippen molar-refractivity contribution in [2.24, 2.45) is 5.73 Å². The number of aryl methyl sites for hydroxylation is 3. The molecule has 1 amide bonds. The van der Waals surface area contributed by atoms with Crippen LogP contribution in [0.25, 0.3) is 5.69 Å². The largest absolute Gasteiger partial charge is 0.376 e. The highest BCUT2D eigenvalue weighted by Crippen LogP contribution is 2.26. The van der Waals surface area contributed by atoms with Crippen LogP contribution in [-0.2, 0) is 22.5 Å². The second kappa shape index (κ2) is 10.7. The number of hydrogen-bond acceptors (Lipinski definition) is 6. The highest BCUT2D eigenvalue weighted by molar-refractivity contribution is 7.99. The second-order valence-electron chi connectivity index (χ2n) is 8.88. The van der Waals surface area contributed by atoms with E-state index >= 15 is 0 Å². The molecular weight excluding hydrogens is 469 g/mol. The van der Waals surface area contributed by atoms with Crippen LogP contribution < -0.4 is 5.73 Å². The van der Waals surface area contributed by atoms with E-state index in [4.69, 9.17) is 10.5 Å². The number of carbonyl (C=O) groups is 2. The lowest BCUT2D eigenvalue weighted by atomic mass is 10.2. The molecule has 0 bridgehead atoms. The molecule has 1 aromatic carbocycles. The van der Waals surface area contributed by atoms with E-state index < -0.39 is 5.91 Å². The van der Waals surface area contributed by atoms with Gasteiger partial charge >= 0.3 is 0 Å². The number of aromatic nitrogens is 4. The zero-order chi connectivity index (χ0) is 25.1. The van der Waals surface area contributed by atoms with Gasteiger partial charge in [-0.15, -0.1) is 10.2 Å². The second-order valence-corrected chi connectivity index (χ2v) is 9.82. The molecule has 0 radical (unpaired) electrons. The van der Waals surface area contributed by atoms with Crippen molar-refractivity contribution < 1.29 is 18.7 Å². The Morgan fingerprint density at radius 2 is 2.03 bits per heavy atom. The summed E-state index contributed by atoms with van der Waals surface area (Å²) in [4.78, 5) is 24.5. The minimum absolute atomic E-state index is 0.0488. The van der Waals surface area contributed by atoms with Crippen molar-refractivity contribution in [2.75, 3.05) is 12.4 Å². The standard InChI is InChI=1S/C25H30FN5O3S/c1-15-6-7-18(12-21(15)26)31-16(2)11-20(17(31)3)22(32)14-35-25-29-28-24(9-8-23(27)33)30(25)13-19-5-4-10-34-19/h6-7,11-12,19H,4-5,8-10,13-14H2,1-3H3,(H2,27,33)/t19-/m1/s1. The molecule has 1 saturated heterocycles. The summed E-state index contributed by atoms with van der Waals surface area (Å²) in [7, 11) is 0. The Morgan fingerprint density at radius 1 is 1.23 bits per heavy atom. The maximum absolute atomic E-state index is 14.2. The highest BCUT2D eigenvalue weighted by Gasteiger charge is 2.23. The van der Waals surface area contributed by atoms with E-state index in [-0.39, 0.29) is 29.9 Å². The molecule has 2 N–H and O–H groups in total. The quantitative estimate of drug-likeness (QED) is 0.337. The molecule has 1 aliphatic rings. The highest BCUT2D eigenvalue weighted by atomic mass is 32.2. The number of primary amides is 1. The average molecular weight is 500 g/mol. The van der Waals surface area contributed by atoms with E-state index in [0.29, 0.717) is 40.8 Å². The number of thioether (sulfide) groups is 1. The van der Waals surface area contributed by atoms with E-state index in [2.05, 4.69) is 10.2 Å². The van der Waals surface area contributed by atoms with Gasteiger partial charge in [-0.1, -0.05) is 17.8 Å². The maximum Gasteiger partial charge on any atom is 0.217 e. The Morgan fingerprint density at radius 3 is 2.71 bits per heavy atom. The van der Waals surface area contributed by atoms with Gasteiger partial charge in [0.05, 0.1) is 18.4 Å². The van der Waals surface area contributed by atoms with Gasteiger partial charge in [0.1, 0.15) is 11.6 Å². The molecule has 3 heterocycles. The van der Waals surface area contributed by atoms with Gasteiger partial charge in [0, 0.05) is 42.1 Å². The third kappa shape index (κ3) is 5.65. The van der Waals surface area contributed by atoms with Crippen LogP contribution in [0.2, 0.25) is 0 Å². The van der Waals surface area contributed by atoms with Crippen molar-refractivity contribution in [3.63, 3.8) is 0 Å². The van der Waals surface area contributed by atoms with Crippen molar-refractivity contribution in [1.29, 1.82) is 0 Å². The van der Waals surface area contributed by atoms with E-state index in [1.165, 1.54) is 17.8 Å². The monoisotopic (exact) mass is 499 g/mol. The minimum Gasteiger partial charge on any atom is -0.376 e. The third-order valence-electron chi connectivity index (χ3n) is 6.28. The summed E-state index contributed by atoms with van der Waals surface area (Å²) < 4.78 is 23.8. The zero-order valence-corrected chi connectivity index (χ0v) is 21.0. The third-order valence-corrected chi connectivity index (χ3v) is 7.24. The van der Waals surface area contributed by atoms with Gasteiger partial charge in [0.25, 0.3) is 0 Å². The van der Waals surface area contributed by atoms with Gasteiger partial charge in [-0.2, -0.15) is 0 Å². The Kier molecular flexibility index (Phi) is 7.71. The van der Waals surface area contributed by atoms with Gasteiger partial charge in [-0.3, -0.25) is 9.59 Å². The van der Waals surface area contributed by atoms with Crippen LogP contribution in [0.1, 0.15) is 52.4 Å². The molecule has 4 rings (SSSR count). The summed E-state index contributed by atoms with van der Waals surface area (Å²) in [6.45, 7) is 6.79. The number of amides is 1. The Hall–Kier alpha value is -2.98. The summed E-state index contributed by atoms with van der Waals surface area (Å²) in [5.41, 5.74) is 8.79. The summed E-state index contributed by atoms with van der Waals surface area (Å²) in [5, 5.41) is 9.14. The number of Topliss-reactive ketones (excluding diaryl/α,β-unsaturated/α-hetero) is 1. The molecule has 186 valence electrons. The van der Waals surface area contributed by atoms with Crippen LogP contribution in [0.3, 0.4) is 0 Å². The number of hydrogen-bond donors (Lipinski definition) is 1. The fourth-order valence-corrected chi connectivity index (χ4v) is 5.24. The molecule has 0 spiro atoms. The predicted molar refractivity (Wildman–Crippen MR) is 132 cm³/mol. The lowest BCUT2D eigenvalue weighted by Gasteiger charge is -2.14. The normalized spacial score (nSPS) is 15.6. The van der Waals surface area contributed by atoms with Crippen molar-refractivity contribution >= 4 is 23.5 Å². The molecule has 0 aliphatic carbocycles. The fourth-order valence-electron chi connectivity index (χ4n) is 4.39. The first kappa shape index (κ1) is 25.1. The number of ketones is 1. The van der Waals surface area contributed by atoms with Crippen LogP contribution in [0, 0.1) is 26.6 Å². The number of nitrogens with two attached hydrogens (primary N) is 1. The van der Waals surface area contributed by atoms with Gasteiger partial charge in [-0.05, 0) is 57.4 Å². The van der Waals surface area contributed by atoms with Crippen LogP contribution >= 0.6 is 11.8 Å². The van der Waals surface area contributed by atoms with Gasteiger partial charge in [0.15, 0.2) is 10.9 Å². The van der Waals surface area contributed by atoms with Gasteiger partial charge in [0.2, 0.25) is 5.91 Å². The minimum atomic E-state index is -0.398. The first-order chi connectivity index (χ1) is 16.7. The summed E-state index contributed by atoms with van der Waals surface area (Å²) in [6.07, 6.45) is 2.58. The summed E-state index contributed by atoms with van der Waals surface area (Å²) >= 11 is 1.31.